The van der Waals surface area contributed by atoms with Crippen LogP contribution in [0, 0.1) is 0 Å². The fourth-order valence-electron chi connectivity index (χ4n) is 3.98. The maximum atomic E-state index is 11.6. The molecule has 0 spiro atoms. The fraction of sp³-hybridized carbons (Fsp3) is 1.00. The molecule has 0 aromatic rings. The van der Waals surface area contributed by atoms with Crippen molar-refractivity contribution >= 4 is 10.1 Å². The summed E-state index contributed by atoms with van der Waals surface area (Å²) >= 11 is 0. The maximum absolute atomic E-state index is 11.6. The Balaban J connectivity index is 0. The van der Waals surface area contributed by atoms with Gasteiger partial charge in [-0.15, -0.1) is 0 Å². The quantitative estimate of drug-likeness (QED) is 0.151. The van der Waals surface area contributed by atoms with Crippen molar-refractivity contribution < 1.29 is 47.6 Å². The van der Waals surface area contributed by atoms with Gasteiger partial charge in [0, 0.05) is 5.25 Å². The van der Waals surface area contributed by atoms with Crippen LogP contribution in [0.5, 0.6) is 0 Å². The van der Waals surface area contributed by atoms with Crippen molar-refractivity contribution in [1.29, 1.82) is 0 Å². The number of rotatable bonds is 22. The monoisotopic (exact) mass is 456 g/mol. The number of hydrogen-bond acceptors (Lipinski definition) is 4. The number of hydrogen-bond donors (Lipinski definition) is 1. The standard InChI is InChI=1S/C24H50O4S.Na/c1-3-5-7-9-11-13-15-17-19-23(25)21-22-24(29(26,27)28)20-18-16-14-12-10-8-6-4-2;/h23-25H,3-22H2,1-2H3,(H,26,27,28);/q;+1/p-1. The van der Waals surface area contributed by atoms with Crippen LogP contribution in [-0.2, 0) is 10.1 Å². The van der Waals surface area contributed by atoms with Crippen LogP contribution < -0.4 is 29.6 Å². The first-order chi connectivity index (χ1) is 13.9. The smallest absolute Gasteiger partial charge is 0.748 e. The molecular formula is C24H49NaO4S. The normalized spacial score (nSPS) is 13.7. The van der Waals surface area contributed by atoms with E-state index in [1.54, 1.807) is 0 Å². The molecule has 0 radical (unpaired) electrons. The third-order valence-electron chi connectivity index (χ3n) is 6.00. The molecule has 0 amide bonds. The van der Waals surface area contributed by atoms with Gasteiger partial charge in [0.1, 0.15) is 0 Å². The minimum Gasteiger partial charge on any atom is -0.748 e. The molecule has 0 aliphatic heterocycles. The fourth-order valence-corrected chi connectivity index (χ4v) is 4.86. The van der Waals surface area contributed by atoms with Gasteiger partial charge in [-0.1, -0.05) is 117 Å². The molecule has 0 aliphatic rings. The van der Waals surface area contributed by atoms with Crippen molar-refractivity contribution in [3.05, 3.63) is 0 Å². The van der Waals surface area contributed by atoms with Gasteiger partial charge >= 0.3 is 29.6 Å². The van der Waals surface area contributed by atoms with Gasteiger partial charge in [-0.25, -0.2) is 8.42 Å². The zero-order valence-electron chi connectivity index (χ0n) is 20.4. The number of unbranched alkanes of at least 4 members (excludes halogenated alkanes) is 14. The molecule has 0 aromatic carbocycles. The summed E-state index contributed by atoms with van der Waals surface area (Å²) in [4.78, 5) is 0. The van der Waals surface area contributed by atoms with E-state index in [0.717, 1.165) is 38.5 Å². The van der Waals surface area contributed by atoms with Gasteiger partial charge in [0.15, 0.2) is 0 Å². The summed E-state index contributed by atoms with van der Waals surface area (Å²) in [6, 6.07) is 0. The molecule has 2 unspecified atom stereocenters. The molecule has 1 N–H and O–H groups in total. The molecule has 6 heteroatoms. The van der Waals surface area contributed by atoms with Gasteiger partial charge in [0.2, 0.25) is 0 Å². The van der Waals surface area contributed by atoms with Crippen LogP contribution in [0.15, 0.2) is 0 Å². The van der Waals surface area contributed by atoms with Gasteiger partial charge in [0.05, 0.1) is 16.2 Å². The third-order valence-corrected chi connectivity index (χ3v) is 7.29. The second kappa shape index (κ2) is 23.0. The Bertz CT molecular complexity index is 442. The second-order valence-corrected chi connectivity index (χ2v) is 10.5. The summed E-state index contributed by atoms with van der Waals surface area (Å²) in [5.74, 6) is 0. The van der Waals surface area contributed by atoms with E-state index in [0.29, 0.717) is 19.3 Å². The van der Waals surface area contributed by atoms with Gasteiger partial charge in [-0.3, -0.25) is 0 Å². The summed E-state index contributed by atoms with van der Waals surface area (Å²) in [6.07, 6.45) is 20.4. The third kappa shape index (κ3) is 22.1. The first-order valence-electron chi connectivity index (χ1n) is 12.5. The number of aliphatic hydroxyl groups excluding tert-OH is 1. The SMILES string of the molecule is CCCCCCCCCCC(O)CCC(CCCCCCCCCC)S(=O)(=O)[O-].[Na+]. The predicted molar refractivity (Wildman–Crippen MR) is 123 cm³/mol. The van der Waals surface area contributed by atoms with E-state index < -0.39 is 21.5 Å². The molecule has 0 saturated heterocycles. The Kier molecular flexibility index (Phi) is 25.4. The zero-order valence-corrected chi connectivity index (χ0v) is 23.2. The van der Waals surface area contributed by atoms with E-state index in [1.807, 2.05) is 0 Å². The average Bonchev–Trinajstić information content (AvgIpc) is 2.67. The first kappa shape index (κ1) is 33.0. The molecule has 0 heterocycles. The second-order valence-electron chi connectivity index (χ2n) is 8.87. The molecule has 0 rings (SSSR count). The Morgan fingerprint density at radius 3 is 1.37 bits per heavy atom. The summed E-state index contributed by atoms with van der Waals surface area (Å²) in [5, 5.41) is 9.33. The van der Waals surface area contributed by atoms with E-state index in [1.165, 1.54) is 70.6 Å². The molecular weight excluding hydrogens is 407 g/mol. The van der Waals surface area contributed by atoms with Gasteiger partial charge in [-0.05, 0) is 25.7 Å². The predicted octanol–water partition coefficient (Wildman–Crippen LogP) is 4.11. The van der Waals surface area contributed by atoms with E-state index in [9.17, 15) is 18.1 Å². The average molecular weight is 457 g/mol. The van der Waals surface area contributed by atoms with E-state index in [-0.39, 0.29) is 29.6 Å². The van der Waals surface area contributed by atoms with Crippen LogP contribution in [-0.4, -0.2) is 29.4 Å². The van der Waals surface area contributed by atoms with E-state index in [4.69, 9.17) is 0 Å². The molecule has 0 aromatic heterocycles. The topological polar surface area (TPSA) is 77.4 Å². The van der Waals surface area contributed by atoms with Crippen LogP contribution in [0.25, 0.3) is 0 Å². The summed E-state index contributed by atoms with van der Waals surface area (Å²) < 4.78 is 34.7. The van der Waals surface area contributed by atoms with Crippen LogP contribution >= 0.6 is 0 Å². The van der Waals surface area contributed by atoms with Gasteiger partial charge < -0.3 is 9.66 Å². The van der Waals surface area contributed by atoms with Crippen molar-refractivity contribution in [1.82, 2.24) is 0 Å². The Labute approximate surface area is 210 Å². The van der Waals surface area contributed by atoms with Crippen LogP contribution in [0.4, 0.5) is 0 Å². The molecule has 176 valence electrons. The van der Waals surface area contributed by atoms with Crippen molar-refractivity contribution in [2.75, 3.05) is 0 Å². The van der Waals surface area contributed by atoms with Gasteiger partial charge in [0.25, 0.3) is 0 Å². The number of aliphatic hydroxyl groups is 1. The molecule has 0 bridgehead atoms. The zero-order chi connectivity index (χ0) is 21.8. The molecule has 0 saturated carbocycles. The van der Waals surface area contributed by atoms with Gasteiger partial charge in [-0.2, -0.15) is 0 Å². The van der Waals surface area contributed by atoms with Crippen molar-refractivity contribution in [3.8, 4) is 0 Å². The molecule has 0 fully saturated rings. The van der Waals surface area contributed by atoms with Crippen molar-refractivity contribution in [2.24, 2.45) is 0 Å². The molecule has 30 heavy (non-hydrogen) atoms. The van der Waals surface area contributed by atoms with Crippen molar-refractivity contribution in [3.63, 3.8) is 0 Å². The Morgan fingerprint density at radius 2 is 0.967 bits per heavy atom. The van der Waals surface area contributed by atoms with Crippen molar-refractivity contribution in [2.45, 2.75) is 154 Å². The summed E-state index contributed by atoms with van der Waals surface area (Å²) in [6.45, 7) is 4.43. The first-order valence-corrected chi connectivity index (χ1v) is 14.0. The van der Waals surface area contributed by atoms with Crippen LogP contribution in [0.2, 0.25) is 0 Å². The van der Waals surface area contributed by atoms with Crippen LogP contribution in [0.3, 0.4) is 0 Å². The molecule has 0 aliphatic carbocycles. The summed E-state index contributed by atoms with van der Waals surface area (Å²) in [5.41, 5.74) is 0. The Morgan fingerprint density at radius 1 is 0.600 bits per heavy atom. The minimum absolute atomic E-state index is 0. The minimum atomic E-state index is -4.27. The van der Waals surface area contributed by atoms with Crippen LogP contribution in [0.1, 0.15) is 142 Å². The maximum Gasteiger partial charge on any atom is 1.00 e. The molecule has 4 nitrogen and oxygen atoms in total. The van der Waals surface area contributed by atoms with E-state index >= 15 is 0 Å². The summed E-state index contributed by atoms with van der Waals surface area (Å²) in [7, 11) is -4.27. The molecule has 2 atom stereocenters. The Hall–Kier alpha value is 0.870. The van der Waals surface area contributed by atoms with E-state index in [2.05, 4.69) is 13.8 Å². The largest absolute Gasteiger partial charge is 1.00 e.